The number of rotatable bonds is 6. The van der Waals surface area contributed by atoms with Gasteiger partial charge in [-0.05, 0) is 37.0 Å². The Kier molecular flexibility index (Phi) is 6.50. The first-order chi connectivity index (χ1) is 8.57. The van der Waals surface area contributed by atoms with Crippen molar-refractivity contribution in [3.05, 3.63) is 29.0 Å². The molecule has 0 aliphatic heterocycles. The molecule has 1 aromatic heterocycles. The van der Waals surface area contributed by atoms with E-state index in [2.05, 4.69) is 18.8 Å². The number of carbonyl (C=O) groups is 1. The van der Waals surface area contributed by atoms with Crippen LogP contribution in [0.2, 0.25) is 5.15 Å². The van der Waals surface area contributed by atoms with Gasteiger partial charge in [-0.25, -0.2) is 4.98 Å². The van der Waals surface area contributed by atoms with Gasteiger partial charge in [0.05, 0.1) is 5.56 Å². The molecule has 1 aromatic rings. The van der Waals surface area contributed by atoms with Gasteiger partial charge in [-0.1, -0.05) is 18.5 Å². The molecule has 0 aromatic carbocycles. The zero-order valence-electron chi connectivity index (χ0n) is 11.0. The van der Waals surface area contributed by atoms with Gasteiger partial charge in [-0.15, -0.1) is 0 Å². The van der Waals surface area contributed by atoms with Crippen LogP contribution in [0.1, 0.15) is 30.6 Å². The predicted octanol–water partition coefficient (Wildman–Crippen LogP) is 3.34. The Labute approximate surface area is 118 Å². The zero-order valence-corrected chi connectivity index (χ0v) is 12.6. The lowest BCUT2D eigenvalue weighted by atomic mass is 10.2. The number of amides is 1. The molecule has 0 N–H and O–H groups in total. The van der Waals surface area contributed by atoms with Gasteiger partial charge in [0.2, 0.25) is 0 Å². The van der Waals surface area contributed by atoms with Crippen LogP contribution in [0.25, 0.3) is 0 Å². The second-order valence-electron chi connectivity index (χ2n) is 4.09. The molecule has 1 amide bonds. The molecule has 18 heavy (non-hydrogen) atoms. The topological polar surface area (TPSA) is 33.2 Å². The number of nitrogens with zero attached hydrogens (tertiary/aromatic N) is 2. The van der Waals surface area contributed by atoms with Crippen LogP contribution in [-0.2, 0) is 0 Å². The SMILES string of the molecule is CCSCCC(C)N(C)C(=O)c1cccnc1Cl. The van der Waals surface area contributed by atoms with Crippen molar-refractivity contribution in [3.63, 3.8) is 0 Å². The van der Waals surface area contributed by atoms with Gasteiger partial charge in [0.15, 0.2) is 0 Å². The lowest BCUT2D eigenvalue weighted by molar-refractivity contribution is 0.0741. The van der Waals surface area contributed by atoms with E-state index in [0.717, 1.165) is 17.9 Å². The van der Waals surface area contributed by atoms with Gasteiger partial charge in [0, 0.05) is 19.3 Å². The van der Waals surface area contributed by atoms with Crippen LogP contribution < -0.4 is 0 Å². The third-order valence-corrected chi connectivity index (χ3v) is 4.09. The molecule has 1 heterocycles. The molecule has 0 saturated carbocycles. The van der Waals surface area contributed by atoms with Crippen molar-refractivity contribution in [1.29, 1.82) is 0 Å². The van der Waals surface area contributed by atoms with Crippen molar-refractivity contribution < 1.29 is 4.79 Å². The summed E-state index contributed by atoms with van der Waals surface area (Å²) in [6, 6.07) is 3.64. The number of thioether (sulfide) groups is 1. The molecule has 5 heteroatoms. The summed E-state index contributed by atoms with van der Waals surface area (Å²) < 4.78 is 0. The summed E-state index contributed by atoms with van der Waals surface area (Å²) >= 11 is 7.82. The van der Waals surface area contributed by atoms with Gasteiger partial charge in [0.25, 0.3) is 5.91 Å². The van der Waals surface area contributed by atoms with Crippen molar-refractivity contribution in [2.75, 3.05) is 18.6 Å². The number of pyridine rings is 1. The molecule has 0 aliphatic rings. The van der Waals surface area contributed by atoms with Crippen LogP contribution in [0.15, 0.2) is 18.3 Å². The Morgan fingerprint density at radius 1 is 1.61 bits per heavy atom. The summed E-state index contributed by atoms with van der Waals surface area (Å²) in [5.41, 5.74) is 0.469. The van der Waals surface area contributed by atoms with Crippen molar-refractivity contribution >= 4 is 29.3 Å². The molecule has 0 aliphatic carbocycles. The lowest BCUT2D eigenvalue weighted by Gasteiger charge is -2.25. The highest BCUT2D eigenvalue weighted by molar-refractivity contribution is 7.99. The second kappa shape index (κ2) is 7.64. The third kappa shape index (κ3) is 4.18. The molecule has 1 unspecified atom stereocenters. The van der Waals surface area contributed by atoms with E-state index in [-0.39, 0.29) is 17.1 Å². The highest BCUT2D eigenvalue weighted by atomic mass is 35.5. The van der Waals surface area contributed by atoms with Crippen LogP contribution in [0.3, 0.4) is 0 Å². The van der Waals surface area contributed by atoms with E-state index in [0.29, 0.717) is 5.56 Å². The predicted molar refractivity (Wildman–Crippen MR) is 78.4 cm³/mol. The maximum absolute atomic E-state index is 12.2. The van der Waals surface area contributed by atoms with Gasteiger partial charge in [0.1, 0.15) is 5.15 Å². The minimum Gasteiger partial charge on any atom is -0.339 e. The second-order valence-corrected chi connectivity index (χ2v) is 5.84. The molecule has 3 nitrogen and oxygen atoms in total. The van der Waals surface area contributed by atoms with Gasteiger partial charge >= 0.3 is 0 Å². The Balaban J connectivity index is 2.63. The molecule has 100 valence electrons. The van der Waals surface area contributed by atoms with Crippen LogP contribution in [0.5, 0.6) is 0 Å². The smallest absolute Gasteiger partial charge is 0.256 e. The summed E-state index contributed by atoms with van der Waals surface area (Å²) in [6.07, 6.45) is 2.57. The Hall–Kier alpha value is -0.740. The van der Waals surface area contributed by atoms with E-state index >= 15 is 0 Å². The fraction of sp³-hybridized carbons (Fsp3) is 0.538. The average molecular weight is 287 g/mol. The molecule has 0 radical (unpaired) electrons. The van der Waals surface area contributed by atoms with Crippen molar-refractivity contribution in [1.82, 2.24) is 9.88 Å². The van der Waals surface area contributed by atoms with Crippen LogP contribution in [0.4, 0.5) is 0 Å². The third-order valence-electron chi connectivity index (χ3n) is 2.86. The Bertz CT molecular complexity index is 400. The van der Waals surface area contributed by atoms with E-state index in [1.807, 2.05) is 18.8 Å². The Morgan fingerprint density at radius 3 is 2.94 bits per heavy atom. The standard InChI is InChI=1S/C13H19ClN2OS/c1-4-18-9-7-10(2)16(3)13(17)11-6-5-8-15-12(11)14/h5-6,8,10H,4,7,9H2,1-3H3. The summed E-state index contributed by atoms with van der Waals surface area (Å²) in [6.45, 7) is 4.19. The summed E-state index contributed by atoms with van der Waals surface area (Å²) in [5, 5.41) is 0.268. The monoisotopic (exact) mass is 286 g/mol. The van der Waals surface area contributed by atoms with Crippen LogP contribution >= 0.6 is 23.4 Å². The quantitative estimate of drug-likeness (QED) is 0.594. The highest BCUT2D eigenvalue weighted by Gasteiger charge is 2.19. The van der Waals surface area contributed by atoms with Crippen LogP contribution in [0, 0.1) is 0 Å². The van der Waals surface area contributed by atoms with E-state index in [1.165, 1.54) is 0 Å². The first-order valence-corrected chi connectivity index (χ1v) is 7.56. The van der Waals surface area contributed by atoms with Crippen molar-refractivity contribution in [2.45, 2.75) is 26.3 Å². The minimum absolute atomic E-state index is 0.0675. The first kappa shape index (κ1) is 15.3. The molecule has 0 fully saturated rings. The molecule has 1 rings (SSSR count). The maximum atomic E-state index is 12.2. The number of carbonyl (C=O) groups excluding carboxylic acids is 1. The summed E-state index contributed by atoms with van der Waals surface area (Å²) in [7, 11) is 1.81. The number of halogens is 1. The lowest BCUT2D eigenvalue weighted by Crippen LogP contribution is -2.35. The first-order valence-electron chi connectivity index (χ1n) is 6.03. The summed E-state index contributed by atoms with van der Waals surface area (Å²) in [4.78, 5) is 17.9. The fourth-order valence-corrected chi connectivity index (χ4v) is 2.52. The van der Waals surface area contributed by atoms with E-state index in [9.17, 15) is 4.79 Å². The zero-order chi connectivity index (χ0) is 13.5. The molecule has 0 spiro atoms. The van der Waals surface area contributed by atoms with E-state index in [1.54, 1.807) is 23.2 Å². The van der Waals surface area contributed by atoms with Crippen molar-refractivity contribution in [3.8, 4) is 0 Å². The average Bonchev–Trinajstić information content (AvgIpc) is 2.38. The minimum atomic E-state index is -0.0675. The van der Waals surface area contributed by atoms with Crippen LogP contribution in [-0.4, -0.2) is 40.4 Å². The summed E-state index contributed by atoms with van der Waals surface area (Å²) in [5.74, 6) is 2.11. The Morgan fingerprint density at radius 2 is 2.33 bits per heavy atom. The fourth-order valence-electron chi connectivity index (χ4n) is 1.53. The van der Waals surface area contributed by atoms with Gasteiger partial charge in [-0.2, -0.15) is 11.8 Å². The number of hydrogen-bond acceptors (Lipinski definition) is 3. The maximum Gasteiger partial charge on any atom is 0.256 e. The van der Waals surface area contributed by atoms with Gasteiger partial charge < -0.3 is 4.90 Å². The molecule has 1 atom stereocenters. The largest absolute Gasteiger partial charge is 0.339 e. The highest BCUT2D eigenvalue weighted by Crippen LogP contribution is 2.16. The molecular weight excluding hydrogens is 268 g/mol. The number of hydrogen-bond donors (Lipinski definition) is 0. The van der Waals surface area contributed by atoms with E-state index < -0.39 is 0 Å². The van der Waals surface area contributed by atoms with Crippen molar-refractivity contribution in [2.24, 2.45) is 0 Å². The molecule has 0 saturated heterocycles. The van der Waals surface area contributed by atoms with Gasteiger partial charge in [-0.3, -0.25) is 4.79 Å². The van der Waals surface area contributed by atoms with E-state index in [4.69, 9.17) is 11.6 Å². The normalized spacial score (nSPS) is 12.2. The number of aromatic nitrogens is 1. The molecule has 0 bridgehead atoms. The molecular formula is C13H19ClN2OS.